The number of nitrogens with one attached hydrogen (secondary N) is 1. The minimum atomic E-state index is -4.47. The van der Waals surface area contributed by atoms with Gasteiger partial charge in [-0.05, 0) is 31.4 Å². The van der Waals surface area contributed by atoms with Crippen molar-refractivity contribution in [3.8, 4) is 0 Å². The molecule has 1 aliphatic rings. The van der Waals surface area contributed by atoms with E-state index >= 15 is 0 Å². The number of ether oxygens (including phenoxy) is 1. The lowest BCUT2D eigenvalue weighted by molar-refractivity contribution is -0.138. The van der Waals surface area contributed by atoms with Crippen molar-refractivity contribution >= 4 is 11.0 Å². The van der Waals surface area contributed by atoms with Crippen molar-refractivity contribution in [3.05, 3.63) is 57.8 Å². The van der Waals surface area contributed by atoms with Crippen LogP contribution in [0.3, 0.4) is 0 Å². The van der Waals surface area contributed by atoms with Crippen molar-refractivity contribution < 1.29 is 17.9 Å². The molecule has 9 heteroatoms. The fourth-order valence-corrected chi connectivity index (χ4v) is 3.66. The number of benzene rings is 1. The fraction of sp³-hybridized carbons (Fsp3) is 0.421. The molecule has 1 aliphatic heterocycles. The molecule has 2 atom stereocenters. The summed E-state index contributed by atoms with van der Waals surface area (Å²) in [5, 5.41) is 4.64. The van der Waals surface area contributed by atoms with E-state index < -0.39 is 17.3 Å². The Hall–Kier alpha value is -2.68. The van der Waals surface area contributed by atoms with Crippen LogP contribution in [0.4, 0.5) is 13.2 Å². The van der Waals surface area contributed by atoms with Gasteiger partial charge in [0, 0.05) is 13.0 Å². The lowest BCUT2D eigenvalue weighted by atomic mass is 10.0. The van der Waals surface area contributed by atoms with E-state index in [0.717, 1.165) is 18.9 Å². The molecule has 0 amide bonds. The van der Waals surface area contributed by atoms with Gasteiger partial charge < -0.3 is 9.72 Å². The van der Waals surface area contributed by atoms with E-state index in [1.54, 1.807) is 4.68 Å². The Morgan fingerprint density at radius 3 is 2.86 bits per heavy atom. The molecule has 3 aromatic rings. The van der Waals surface area contributed by atoms with Crippen LogP contribution in [0.1, 0.15) is 42.8 Å². The van der Waals surface area contributed by atoms with Crippen LogP contribution in [0.5, 0.6) is 0 Å². The molecule has 0 spiro atoms. The molecule has 1 N–H and O–H groups in total. The SMILES string of the molecule is C[C@H]1C[C@H](n2ncc3c(=O)[nH]c(Cc4ccccc4C(F)(F)F)nc32)CCO1. The third-order valence-corrected chi connectivity index (χ3v) is 5.00. The van der Waals surface area contributed by atoms with E-state index in [-0.39, 0.29) is 30.0 Å². The van der Waals surface area contributed by atoms with Crippen LogP contribution in [-0.4, -0.2) is 32.5 Å². The summed E-state index contributed by atoms with van der Waals surface area (Å²) in [7, 11) is 0. The summed E-state index contributed by atoms with van der Waals surface area (Å²) >= 11 is 0. The molecule has 0 bridgehead atoms. The zero-order chi connectivity index (χ0) is 19.9. The highest BCUT2D eigenvalue weighted by molar-refractivity contribution is 5.73. The largest absolute Gasteiger partial charge is 0.416 e. The Morgan fingerprint density at radius 2 is 2.11 bits per heavy atom. The Morgan fingerprint density at radius 1 is 1.32 bits per heavy atom. The molecule has 4 rings (SSSR count). The van der Waals surface area contributed by atoms with Gasteiger partial charge in [-0.15, -0.1) is 0 Å². The van der Waals surface area contributed by atoms with Gasteiger partial charge in [-0.3, -0.25) is 4.79 Å². The summed E-state index contributed by atoms with van der Waals surface area (Å²) in [5.74, 6) is 0.177. The average molecular weight is 392 g/mol. The van der Waals surface area contributed by atoms with E-state index in [1.807, 2.05) is 6.92 Å². The summed E-state index contributed by atoms with van der Waals surface area (Å²) < 4.78 is 47.0. The maximum Gasteiger partial charge on any atom is 0.416 e. The molecule has 3 heterocycles. The number of rotatable bonds is 3. The molecule has 1 saturated heterocycles. The number of hydrogen-bond donors (Lipinski definition) is 1. The standard InChI is InChI=1S/C19H19F3N4O2/c1-11-8-13(6-7-28-11)26-17-14(10-23-26)18(27)25-16(24-17)9-12-4-2-3-5-15(12)19(20,21)22/h2-5,10-11,13H,6-9H2,1H3,(H,24,25,27)/t11-,13+/m0/s1. The van der Waals surface area contributed by atoms with E-state index in [9.17, 15) is 18.0 Å². The molecular formula is C19H19F3N4O2. The highest BCUT2D eigenvalue weighted by atomic mass is 19.4. The van der Waals surface area contributed by atoms with Crippen LogP contribution >= 0.6 is 0 Å². The summed E-state index contributed by atoms with van der Waals surface area (Å²) in [4.78, 5) is 19.5. The van der Waals surface area contributed by atoms with Crippen LogP contribution in [0.2, 0.25) is 0 Å². The lowest BCUT2D eigenvalue weighted by Crippen LogP contribution is -2.26. The Balaban J connectivity index is 1.74. The number of nitrogens with zero attached hydrogens (tertiary/aromatic N) is 3. The number of aromatic nitrogens is 4. The third kappa shape index (κ3) is 3.54. The predicted octanol–water partition coefficient (Wildman–Crippen LogP) is 3.47. The van der Waals surface area contributed by atoms with Gasteiger partial charge in [-0.1, -0.05) is 18.2 Å². The monoisotopic (exact) mass is 392 g/mol. The molecule has 28 heavy (non-hydrogen) atoms. The first-order valence-corrected chi connectivity index (χ1v) is 9.06. The normalized spacial score (nSPS) is 20.6. The van der Waals surface area contributed by atoms with Gasteiger partial charge in [0.25, 0.3) is 5.56 Å². The quantitative estimate of drug-likeness (QED) is 0.741. The maximum atomic E-state index is 13.3. The number of aromatic amines is 1. The van der Waals surface area contributed by atoms with Crippen LogP contribution in [0.25, 0.3) is 11.0 Å². The number of H-pyrrole nitrogens is 1. The van der Waals surface area contributed by atoms with Crippen LogP contribution in [0.15, 0.2) is 35.3 Å². The van der Waals surface area contributed by atoms with Crippen LogP contribution in [0, 0.1) is 0 Å². The average Bonchev–Trinajstić information content (AvgIpc) is 3.06. The van der Waals surface area contributed by atoms with Crippen molar-refractivity contribution in [3.63, 3.8) is 0 Å². The first-order valence-electron chi connectivity index (χ1n) is 9.06. The molecule has 0 radical (unpaired) electrons. The van der Waals surface area contributed by atoms with Gasteiger partial charge in [0.2, 0.25) is 0 Å². The smallest absolute Gasteiger partial charge is 0.378 e. The summed E-state index contributed by atoms with van der Waals surface area (Å²) in [6.07, 6.45) is -1.61. The second-order valence-corrected chi connectivity index (χ2v) is 7.03. The highest BCUT2D eigenvalue weighted by Crippen LogP contribution is 2.32. The summed E-state index contributed by atoms with van der Waals surface area (Å²) in [6.45, 7) is 2.56. The number of alkyl halides is 3. The van der Waals surface area contributed by atoms with Gasteiger partial charge in [-0.25, -0.2) is 9.67 Å². The molecule has 1 aromatic carbocycles. The first kappa shape index (κ1) is 18.7. The topological polar surface area (TPSA) is 72.8 Å². The van der Waals surface area contributed by atoms with Gasteiger partial charge in [0.15, 0.2) is 5.65 Å². The number of fused-ring (bicyclic) bond motifs is 1. The third-order valence-electron chi connectivity index (χ3n) is 5.00. The van der Waals surface area contributed by atoms with E-state index in [1.165, 1.54) is 24.4 Å². The highest BCUT2D eigenvalue weighted by Gasteiger charge is 2.33. The van der Waals surface area contributed by atoms with Gasteiger partial charge >= 0.3 is 6.18 Å². The van der Waals surface area contributed by atoms with E-state index in [2.05, 4.69) is 15.1 Å². The molecule has 0 aliphatic carbocycles. The Bertz CT molecular complexity index is 1060. The minimum absolute atomic E-state index is 0.0332. The van der Waals surface area contributed by atoms with E-state index in [4.69, 9.17) is 4.74 Å². The second-order valence-electron chi connectivity index (χ2n) is 7.03. The zero-order valence-corrected chi connectivity index (χ0v) is 15.2. The van der Waals surface area contributed by atoms with Gasteiger partial charge in [0.1, 0.15) is 11.2 Å². The van der Waals surface area contributed by atoms with Crippen molar-refractivity contribution in [2.75, 3.05) is 6.61 Å². The van der Waals surface area contributed by atoms with Gasteiger partial charge in [0.05, 0.1) is 23.9 Å². The first-order chi connectivity index (χ1) is 13.3. The molecule has 1 fully saturated rings. The van der Waals surface area contributed by atoms with E-state index in [0.29, 0.717) is 17.6 Å². The Kier molecular flexibility index (Phi) is 4.70. The summed E-state index contributed by atoms with van der Waals surface area (Å²) in [6, 6.07) is 5.33. The molecule has 2 aromatic heterocycles. The lowest BCUT2D eigenvalue weighted by Gasteiger charge is -2.27. The zero-order valence-electron chi connectivity index (χ0n) is 15.2. The van der Waals surface area contributed by atoms with Crippen LogP contribution in [-0.2, 0) is 17.3 Å². The summed E-state index contributed by atoms with van der Waals surface area (Å²) in [5.41, 5.74) is -0.689. The predicted molar refractivity (Wildman–Crippen MR) is 96.1 cm³/mol. The van der Waals surface area contributed by atoms with Crippen molar-refractivity contribution in [1.82, 2.24) is 19.7 Å². The van der Waals surface area contributed by atoms with Gasteiger partial charge in [-0.2, -0.15) is 18.3 Å². The maximum absolute atomic E-state index is 13.3. The molecular weight excluding hydrogens is 373 g/mol. The van der Waals surface area contributed by atoms with Crippen molar-refractivity contribution in [2.45, 2.75) is 44.5 Å². The molecule has 0 unspecified atom stereocenters. The molecule has 0 saturated carbocycles. The minimum Gasteiger partial charge on any atom is -0.378 e. The molecule has 148 valence electrons. The number of halogens is 3. The van der Waals surface area contributed by atoms with Crippen molar-refractivity contribution in [2.24, 2.45) is 0 Å². The second kappa shape index (κ2) is 7.05. The fourth-order valence-electron chi connectivity index (χ4n) is 3.66. The van der Waals surface area contributed by atoms with Crippen LogP contribution < -0.4 is 5.56 Å². The van der Waals surface area contributed by atoms with Crippen molar-refractivity contribution in [1.29, 1.82) is 0 Å². The molecule has 6 nitrogen and oxygen atoms in total. The number of hydrogen-bond acceptors (Lipinski definition) is 4. The Labute approximate surface area is 158 Å².